The summed E-state index contributed by atoms with van der Waals surface area (Å²) in [7, 11) is 0. The summed E-state index contributed by atoms with van der Waals surface area (Å²) in [5, 5.41) is 3.34. The standard InChI is InChI=1S/C18H22FNO/c1-5-21-18-9-8-15(11-17(18)19)20-14(4)16-10-12(2)6-7-13(16)3/h6-11,14,20H,5H2,1-4H3. The molecule has 0 aromatic heterocycles. The average Bonchev–Trinajstić information content (AvgIpc) is 2.44. The van der Waals surface area contributed by atoms with E-state index in [2.05, 4.69) is 44.3 Å². The Hall–Kier alpha value is -2.03. The van der Waals surface area contributed by atoms with Crippen LogP contribution in [-0.2, 0) is 0 Å². The number of anilines is 1. The quantitative estimate of drug-likeness (QED) is 0.834. The molecule has 2 aromatic carbocycles. The van der Waals surface area contributed by atoms with E-state index in [0.717, 1.165) is 5.69 Å². The van der Waals surface area contributed by atoms with Crippen LogP contribution < -0.4 is 10.1 Å². The van der Waals surface area contributed by atoms with Crippen LogP contribution in [0, 0.1) is 19.7 Å². The molecule has 0 heterocycles. The van der Waals surface area contributed by atoms with Crippen molar-refractivity contribution >= 4 is 5.69 Å². The predicted octanol–water partition coefficient (Wildman–Crippen LogP) is 5.01. The van der Waals surface area contributed by atoms with Crippen LogP contribution in [0.1, 0.15) is 36.6 Å². The van der Waals surface area contributed by atoms with E-state index >= 15 is 0 Å². The van der Waals surface area contributed by atoms with E-state index in [1.807, 2.05) is 13.0 Å². The predicted molar refractivity (Wildman–Crippen MR) is 85.5 cm³/mol. The first-order chi connectivity index (χ1) is 10.0. The molecule has 112 valence electrons. The van der Waals surface area contributed by atoms with Crippen molar-refractivity contribution in [2.24, 2.45) is 0 Å². The molecule has 0 bridgehead atoms. The molecule has 2 rings (SSSR count). The first-order valence-corrected chi connectivity index (χ1v) is 7.27. The van der Waals surface area contributed by atoms with E-state index in [-0.39, 0.29) is 11.9 Å². The lowest BCUT2D eigenvalue weighted by molar-refractivity contribution is 0.321. The third-order valence-electron chi connectivity index (χ3n) is 3.52. The molecule has 0 amide bonds. The summed E-state index contributed by atoms with van der Waals surface area (Å²) in [4.78, 5) is 0. The number of nitrogens with one attached hydrogen (secondary N) is 1. The zero-order valence-electron chi connectivity index (χ0n) is 13.0. The van der Waals surface area contributed by atoms with Crippen molar-refractivity contribution in [3.8, 4) is 5.75 Å². The number of hydrogen-bond acceptors (Lipinski definition) is 2. The van der Waals surface area contributed by atoms with Gasteiger partial charge in [0.2, 0.25) is 0 Å². The Morgan fingerprint density at radius 2 is 1.90 bits per heavy atom. The van der Waals surface area contributed by atoms with Gasteiger partial charge in [0.05, 0.1) is 6.61 Å². The fourth-order valence-electron chi connectivity index (χ4n) is 2.42. The lowest BCUT2D eigenvalue weighted by atomic mass is 10.00. The second-order valence-electron chi connectivity index (χ2n) is 5.30. The van der Waals surface area contributed by atoms with Crippen LogP contribution >= 0.6 is 0 Å². The fourth-order valence-corrected chi connectivity index (χ4v) is 2.42. The zero-order chi connectivity index (χ0) is 15.4. The summed E-state index contributed by atoms with van der Waals surface area (Å²) in [5.41, 5.74) is 4.43. The highest BCUT2D eigenvalue weighted by Gasteiger charge is 2.10. The fraction of sp³-hybridized carbons (Fsp3) is 0.333. The van der Waals surface area contributed by atoms with Gasteiger partial charge in [0.15, 0.2) is 11.6 Å². The molecule has 2 aromatic rings. The van der Waals surface area contributed by atoms with Crippen LogP contribution in [-0.4, -0.2) is 6.61 Å². The van der Waals surface area contributed by atoms with Crippen molar-refractivity contribution in [3.63, 3.8) is 0 Å². The highest BCUT2D eigenvalue weighted by Crippen LogP contribution is 2.26. The normalized spacial score (nSPS) is 12.0. The van der Waals surface area contributed by atoms with Crippen LogP contribution in [0.2, 0.25) is 0 Å². The molecular formula is C18H22FNO. The van der Waals surface area contributed by atoms with Crippen LogP contribution in [0.25, 0.3) is 0 Å². The maximum absolute atomic E-state index is 13.9. The van der Waals surface area contributed by atoms with Crippen LogP contribution in [0.3, 0.4) is 0 Å². The van der Waals surface area contributed by atoms with Crippen molar-refractivity contribution < 1.29 is 9.13 Å². The summed E-state index contributed by atoms with van der Waals surface area (Å²) in [6.45, 7) is 8.55. The van der Waals surface area contributed by atoms with Crippen molar-refractivity contribution in [3.05, 3.63) is 58.9 Å². The van der Waals surface area contributed by atoms with Gasteiger partial charge in [-0.2, -0.15) is 0 Å². The van der Waals surface area contributed by atoms with Crippen molar-refractivity contribution in [2.75, 3.05) is 11.9 Å². The first-order valence-electron chi connectivity index (χ1n) is 7.27. The molecular weight excluding hydrogens is 265 g/mol. The molecule has 0 saturated carbocycles. The minimum absolute atomic E-state index is 0.113. The molecule has 0 spiro atoms. The molecule has 2 nitrogen and oxygen atoms in total. The van der Waals surface area contributed by atoms with Gasteiger partial charge in [-0.25, -0.2) is 4.39 Å². The smallest absolute Gasteiger partial charge is 0.167 e. The van der Waals surface area contributed by atoms with Gasteiger partial charge in [-0.1, -0.05) is 23.8 Å². The summed E-state index contributed by atoms with van der Waals surface area (Å²) < 4.78 is 19.1. The van der Waals surface area contributed by atoms with Gasteiger partial charge in [0.25, 0.3) is 0 Å². The van der Waals surface area contributed by atoms with Crippen molar-refractivity contribution in [1.82, 2.24) is 0 Å². The first kappa shape index (κ1) is 15.4. The Morgan fingerprint density at radius 1 is 1.14 bits per heavy atom. The Balaban J connectivity index is 2.17. The molecule has 1 N–H and O–H groups in total. The maximum Gasteiger partial charge on any atom is 0.167 e. The van der Waals surface area contributed by atoms with E-state index in [1.165, 1.54) is 22.8 Å². The monoisotopic (exact) mass is 287 g/mol. The van der Waals surface area contributed by atoms with Gasteiger partial charge in [-0.05, 0) is 51.0 Å². The number of halogens is 1. The van der Waals surface area contributed by atoms with Gasteiger partial charge in [0, 0.05) is 17.8 Å². The van der Waals surface area contributed by atoms with E-state index < -0.39 is 0 Å². The van der Waals surface area contributed by atoms with E-state index in [4.69, 9.17) is 4.74 Å². The Labute approximate surface area is 126 Å². The highest BCUT2D eigenvalue weighted by molar-refractivity contribution is 5.49. The van der Waals surface area contributed by atoms with E-state index in [1.54, 1.807) is 6.07 Å². The third-order valence-corrected chi connectivity index (χ3v) is 3.52. The molecule has 1 atom stereocenters. The highest BCUT2D eigenvalue weighted by atomic mass is 19.1. The molecule has 0 fully saturated rings. The SMILES string of the molecule is CCOc1ccc(NC(C)c2cc(C)ccc2C)cc1F. The molecule has 0 saturated heterocycles. The summed E-state index contributed by atoms with van der Waals surface area (Å²) >= 11 is 0. The summed E-state index contributed by atoms with van der Waals surface area (Å²) in [6, 6.07) is 11.5. The van der Waals surface area contributed by atoms with Gasteiger partial charge in [-0.15, -0.1) is 0 Å². The lowest BCUT2D eigenvalue weighted by Gasteiger charge is -2.19. The minimum atomic E-state index is -0.338. The third kappa shape index (κ3) is 3.75. The van der Waals surface area contributed by atoms with Crippen LogP contribution in [0.4, 0.5) is 10.1 Å². The summed E-state index contributed by atoms with van der Waals surface area (Å²) in [6.07, 6.45) is 0. The van der Waals surface area contributed by atoms with Gasteiger partial charge in [-0.3, -0.25) is 0 Å². The van der Waals surface area contributed by atoms with Crippen molar-refractivity contribution in [1.29, 1.82) is 0 Å². The molecule has 0 aliphatic carbocycles. The molecule has 0 aliphatic rings. The van der Waals surface area contributed by atoms with Gasteiger partial charge >= 0.3 is 0 Å². The van der Waals surface area contributed by atoms with Crippen LogP contribution in [0.5, 0.6) is 5.75 Å². The number of hydrogen-bond donors (Lipinski definition) is 1. The summed E-state index contributed by atoms with van der Waals surface area (Å²) in [5.74, 6) is -0.0440. The Morgan fingerprint density at radius 3 is 2.57 bits per heavy atom. The van der Waals surface area contributed by atoms with Crippen LogP contribution in [0.15, 0.2) is 36.4 Å². The van der Waals surface area contributed by atoms with E-state index in [0.29, 0.717) is 12.4 Å². The molecule has 1 unspecified atom stereocenters. The van der Waals surface area contributed by atoms with Crippen molar-refractivity contribution in [2.45, 2.75) is 33.7 Å². The largest absolute Gasteiger partial charge is 0.491 e. The molecule has 0 aliphatic heterocycles. The molecule has 0 radical (unpaired) electrons. The number of ether oxygens (including phenoxy) is 1. The molecule has 3 heteroatoms. The number of aryl methyl sites for hydroxylation is 2. The van der Waals surface area contributed by atoms with E-state index in [9.17, 15) is 4.39 Å². The van der Waals surface area contributed by atoms with Gasteiger partial charge < -0.3 is 10.1 Å². The molecule has 21 heavy (non-hydrogen) atoms. The second-order valence-corrected chi connectivity index (χ2v) is 5.30. The van der Waals surface area contributed by atoms with Gasteiger partial charge in [0.1, 0.15) is 0 Å². The average molecular weight is 287 g/mol. The lowest BCUT2D eigenvalue weighted by Crippen LogP contribution is -2.09. The Kier molecular flexibility index (Phi) is 4.84. The number of benzene rings is 2. The second kappa shape index (κ2) is 6.61. The minimum Gasteiger partial charge on any atom is -0.491 e. The zero-order valence-corrected chi connectivity index (χ0v) is 13.0. The Bertz CT molecular complexity index is 625. The number of rotatable bonds is 5. The topological polar surface area (TPSA) is 21.3 Å². The maximum atomic E-state index is 13.9.